The molecule has 7 nitrogen and oxygen atoms in total. The third-order valence-corrected chi connectivity index (χ3v) is 3.62. The molecule has 0 saturated carbocycles. The minimum absolute atomic E-state index is 0.208. The molecule has 120 valence electrons. The SMILES string of the molecule is O=C(c1cnc(Nc2ccccc2)nc1)N1C[C@H](O)C[C@@H](O)C1. The fraction of sp³-hybridized carbons (Fsp3) is 0.312. The average molecular weight is 314 g/mol. The summed E-state index contributed by atoms with van der Waals surface area (Å²) in [6.45, 7) is 0.416. The van der Waals surface area contributed by atoms with E-state index in [0.29, 0.717) is 17.9 Å². The molecule has 1 fully saturated rings. The quantitative estimate of drug-likeness (QED) is 0.775. The normalized spacial score (nSPS) is 21.0. The van der Waals surface area contributed by atoms with Crippen LogP contribution in [0.15, 0.2) is 42.7 Å². The minimum Gasteiger partial charge on any atom is -0.391 e. The van der Waals surface area contributed by atoms with Crippen LogP contribution in [0.3, 0.4) is 0 Å². The Morgan fingerprint density at radius 1 is 1.09 bits per heavy atom. The summed E-state index contributed by atoms with van der Waals surface area (Å²) >= 11 is 0. The number of piperidine rings is 1. The molecule has 1 aliphatic heterocycles. The van der Waals surface area contributed by atoms with Gasteiger partial charge in [-0.1, -0.05) is 18.2 Å². The van der Waals surface area contributed by atoms with Gasteiger partial charge in [-0.15, -0.1) is 0 Å². The van der Waals surface area contributed by atoms with Crippen LogP contribution in [0.25, 0.3) is 0 Å². The van der Waals surface area contributed by atoms with Gasteiger partial charge in [0.15, 0.2) is 0 Å². The number of para-hydroxylation sites is 1. The van der Waals surface area contributed by atoms with E-state index in [0.717, 1.165) is 5.69 Å². The van der Waals surface area contributed by atoms with Crippen LogP contribution in [-0.2, 0) is 0 Å². The van der Waals surface area contributed by atoms with Gasteiger partial charge in [-0.25, -0.2) is 9.97 Å². The number of aromatic nitrogens is 2. The lowest BCUT2D eigenvalue weighted by atomic mass is 10.1. The van der Waals surface area contributed by atoms with Crippen LogP contribution < -0.4 is 5.32 Å². The zero-order valence-corrected chi connectivity index (χ0v) is 12.5. The molecule has 0 spiro atoms. The van der Waals surface area contributed by atoms with E-state index in [9.17, 15) is 15.0 Å². The topological polar surface area (TPSA) is 98.6 Å². The standard InChI is InChI=1S/C16H18N4O3/c21-13-6-14(22)10-20(9-13)15(23)11-7-17-16(18-8-11)19-12-4-2-1-3-5-12/h1-5,7-8,13-14,21-22H,6,9-10H2,(H,17,18,19)/t13-,14-/m1/s1. The van der Waals surface area contributed by atoms with Gasteiger partial charge in [0, 0.05) is 37.6 Å². The molecule has 1 aromatic carbocycles. The molecule has 1 aromatic heterocycles. The number of carbonyl (C=O) groups is 1. The van der Waals surface area contributed by atoms with Gasteiger partial charge in [0.25, 0.3) is 5.91 Å². The number of hydrogen-bond acceptors (Lipinski definition) is 6. The number of rotatable bonds is 3. The summed E-state index contributed by atoms with van der Waals surface area (Å²) in [5, 5.41) is 22.4. The van der Waals surface area contributed by atoms with E-state index in [2.05, 4.69) is 15.3 Å². The van der Waals surface area contributed by atoms with E-state index in [1.54, 1.807) is 0 Å². The summed E-state index contributed by atoms with van der Waals surface area (Å²) < 4.78 is 0. The van der Waals surface area contributed by atoms with E-state index in [-0.39, 0.29) is 19.0 Å². The first-order valence-corrected chi connectivity index (χ1v) is 7.41. The molecule has 3 rings (SSSR count). The van der Waals surface area contributed by atoms with Crippen molar-refractivity contribution in [3.63, 3.8) is 0 Å². The van der Waals surface area contributed by atoms with Crippen molar-refractivity contribution in [2.45, 2.75) is 18.6 Å². The Morgan fingerprint density at radius 2 is 1.70 bits per heavy atom. The van der Waals surface area contributed by atoms with Crippen molar-refractivity contribution in [3.8, 4) is 0 Å². The van der Waals surface area contributed by atoms with Crippen molar-refractivity contribution in [1.82, 2.24) is 14.9 Å². The summed E-state index contributed by atoms with van der Waals surface area (Å²) in [6, 6.07) is 9.48. The molecule has 3 N–H and O–H groups in total. The number of carbonyl (C=O) groups excluding carboxylic acids is 1. The first-order valence-electron chi connectivity index (χ1n) is 7.41. The van der Waals surface area contributed by atoms with E-state index in [4.69, 9.17) is 0 Å². The molecule has 1 saturated heterocycles. The van der Waals surface area contributed by atoms with Gasteiger partial charge in [0.05, 0.1) is 17.8 Å². The highest BCUT2D eigenvalue weighted by Crippen LogP contribution is 2.15. The van der Waals surface area contributed by atoms with E-state index >= 15 is 0 Å². The Balaban J connectivity index is 1.68. The van der Waals surface area contributed by atoms with Crippen LogP contribution in [0.1, 0.15) is 16.8 Å². The molecule has 0 aliphatic carbocycles. The Morgan fingerprint density at radius 3 is 2.30 bits per heavy atom. The highest BCUT2D eigenvalue weighted by atomic mass is 16.3. The second-order valence-electron chi connectivity index (χ2n) is 5.54. The molecular weight excluding hydrogens is 296 g/mol. The van der Waals surface area contributed by atoms with E-state index < -0.39 is 12.2 Å². The fourth-order valence-electron chi connectivity index (χ4n) is 2.55. The van der Waals surface area contributed by atoms with Gasteiger partial charge < -0.3 is 20.4 Å². The molecule has 23 heavy (non-hydrogen) atoms. The molecule has 2 atom stereocenters. The van der Waals surface area contributed by atoms with Crippen molar-refractivity contribution < 1.29 is 15.0 Å². The van der Waals surface area contributed by atoms with Crippen molar-refractivity contribution in [2.24, 2.45) is 0 Å². The number of anilines is 2. The van der Waals surface area contributed by atoms with Crippen LogP contribution in [0.2, 0.25) is 0 Å². The Bertz CT molecular complexity index is 653. The summed E-state index contributed by atoms with van der Waals surface area (Å²) in [5.74, 6) is 0.0977. The fourth-order valence-corrected chi connectivity index (χ4v) is 2.55. The number of β-amino-alcohol motifs (C(OH)–C–C–N with tert-alkyl or cyclic N) is 2. The van der Waals surface area contributed by atoms with Gasteiger partial charge >= 0.3 is 0 Å². The van der Waals surface area contributed by atoms with Crippen molar-refractivity contribution >= 4 is 17.5 Å². The minimum atomic E-state index is -0.706. The van der Waals surface area contributed by atoms with Gasteiger partial charge in [-0.05, 0) is 12.1 Å². The number of nitrogens with one attached hydrogen (secondary N) is 1. The Labute approximate surface area is 133 Å². The zero-order valence-electron chi connectivity index (χ0n) is 12.5. The highest BCUT2D eigenvalue weighted by molar-refractivity contribution is 5.93. The molecule has 1 aliphatic rings. The van der Waals surface area contributed by atoms with E-state index in [1.165, 1.54) is 17.3 Å². The third-order valence-electron chi connectivity index (χ3n) is 3.62. The first kappa shape index (κ1) is 15.4. The van der Waals surface area contributed by atoms with Gasteiger partial charge in [-0.3, -0.25) is 4.79 Å². The molecular formula is C16H18N4O3. The van der Waals surface area contributed by atoms with Crippen LogP contribution in [0.5, 0.6) is 0 Å². The summed E-state index contributed by atoms with van der Waals surface area (Å²) in [7, 11) is 0. The predicted molar refractivity (Wildman–Crippen MR) is 84.3 cm³/mol. The highest BCUT2D eigenvalue weighted by Gasteiger charge is 2.28. The lowest BCUT2D eigenvalue weighted by Gasteiger charge is -2.33. The van der Waals surface area contributed by atoms with Crippen LogP contribution in [-0.4, -0.2) is 56.3 Å². The van der Waals surface area contributed by atoms with Crippen LogP contribution in [0.4, 0.5) is 11.6 Å². The number of hydrogen-bond donors (Lipinski definition) is 3. The summed E-state index contributed by atoms with van der Waals surface area (Å²) in [4.78, 5) is 22.0. The maximum absolute atomic E-state index is 12.4. The molecule has 2 heterocycles. The largest absolute Gasteiger partial charge is 0.391 e. The monoisotopic (exact) mass is 314 g/mol. The molecule has 0 bridgehead atoms. The van der Waals surface area contributed by atoms with Crippen molar-refractivity contribution in [3.05, 3.63) is 48.3 Å². The molecule has 7 heteroatoms. The number of likely N-dealkylation sites (tertiary alicyclic amines) is 1. The average Bonchev–Trinajstić information content (AvgIpc) is 2.55. The summed E-state index contributed by atoms with van der Waals surface area (Å²) in [5.41, 5.74) is 1.18. The first-order chi connectivity index (χ1) is 11.1. The Hall–Kier alpha value is -2.51. The maximum atomic E-state index is 12.4. The number of aliphatic hydroxyl groups is 2. The van der Waals surface area contributed by atoms with Crippen molar-refractivity contribution in [2.75, 3.05) is 18.4 Å². The summed E-state index contributed by atoms with van der Waals surface area (Å²) in [6.07, 6.45) is 1.76. The smallest absolute Gasteiger partial charge is 0.257 e. The van der Waals surface area contributed by atoms with Gasteiger partial charge in [-0.2, -0.15) is 0 Å². The van der Waals surface area contributed by atoms with E-state index in [1.807, 2.05) is 30.3 Å². The second kappa shape index (κ2) is 6.72. The molecule has 0 radical (unpaired) electrons. The van der Waals surface area contributed by atoms with Gasteiger partial charge in [0.2, 0.25) is 5.95 Å². The van der Waals surface area contributed by atoms with Gasteiger partial charge in [0.1, 0.15) is 0 Å². The zero-order chi connectivity index (χ0) is 16.2. The maximum Gasteiger partial charge on any atom is 0.257 e. The lowest BCUT2D eigenvalue weighted by molar-refractivity contribution is -0.00388. The molecule has 2 aromatic rings. The lowest BCUT2D eigenvalue weighted by Crippen LogP contribution is -2.48. The number of aliphatic hydroxyl groups excluding tert-OH is 2. The number of nitrogens with zero attached hydrogens (tertiary/aromatic N) is 3. The number of amides is 1. The van der Waals surface area contributed by atoms with Crippen molar-refractivity contribution in [1.29, 1.82) is 0 Å². The molecule has 0 unspecified atom stereocenters. The second-order valence-corrected chi connectivity index (χ2v) is 5.54. The predicted octanol–water partition coefficient (Wildman–Crippen LogP) is 0.788. The number of benzene rings is 1. The molecule has 1 amide bonds. The van der Waals surface area contributed by atoms with Crippen LogP contribution >= 0.6 is 0 Å². The van der Waals surface area contributed by atoms with Crippen LogP contribution in [0, 0.1) is 0 Å². The Kier molecular flexibility index (Phi) is 4.50. The third kappa shape index (κ3) is 3.82.